The standard InChI is InChI=1S/C33H30N4/c1-6-25-26(7-2)31-32(37-33(36-31)19(4)5)27-14-13-23(17-28(25)27)21-9-10-22-16-24(12-11-20(22)15-21)29-18-34-30(8-3)35-29/h6-7,9-19H,1-2,8H2,3-5H3,(H,34,35)(H,36,37). The van der Waals surface area contributed by atoms with Gasteiger partial charge < -0.3 is 9.97 Å². The lowest BCUT2D eigenvalue weighted by atomic mass is 9.92. The number of H-pyrrole nitrogens is 2. The molecule has 0 saturated heterocycles. The van der Waals surface area contributed by atoms with Crippen molar-refractivity contribution in [1.29, 1.82) is 0 Å². The third-order valence-corrected chi connectivity index (χ3v) is 7.25. The van der Waals surface area contributed by atoms with Crippen LogP contribution in [0.15, 0.2) is 74.0 Å². The van der Waals surface area contributed by atoms with Crippen LogP contribution in [0.25, 0.3) is 67.1 Å². The van der Waals surface area contributed by atoms with Gasteiger partial charge in [-0.1, -0.05) is 82.5 Å². The number of benzene rings is 4. The maximum absolute atomic E-state index is 4.96. The minimum atomic E-state index is 0.312. The molecule has 0 radical (unpaired) electrons. The summed E-state index contributed by atoms with van der Waals surface area (Å²) in [6, 6.07) is 19.9. The van der Waals surface area contributed by atoms with Crippen molar-refractivity contribution in [3.05, 3.63) is 96.7 Å². The quantitative estimate of drug-likeness (QED) is 0.249. The third-order valence-electron chi connectivity index (χ3n) is 7.25. The average Bonchev–Trinajstić information content (AvgIpc) is 3.59. The maximum atomic E-state index is 4.96. The van der Waals surface area contributed by atoms with Crippen molar-refractivity contribution in [2.24, 2.45) is 0 Å². The molecule has 0 aliphatic heterocycles. The van der Waals surface area contributed by atoms with E-state index in [2.05, 4.69) is 103 Å². The minimum Gasteiger partial charge on any atom is -0.342 e. The fourth-order valence-electron chi connectivity index (χ4n) is 5.20. The smallest absolute Gasteiger partial charge is 0.109 e. The first-order valence-electron chi connectivity index (χ1n) is 12.8. The topological polar surface area (TPSA) is 57.4 Å². The Kier molecular flexibility index (Phi) is 5.53. The van der Waals surface area contributed by atoms with Crippen molar-refractivity contribution in [2.75, 3.05) is 0 Å². The van der Waals surface area contributed by atoms with Gasteiger partial charge >= 0.3 is 0 Å². The second-order valence-electron chi connectivity index (χ2n) is 9.87. The number of imidazole rings is 2. The van der Waals surface area contributed by atoms with Crippen molar-refractivity contribution >= 4 is 44.7 Å². The largest absolute Gasteiger partial charge is 0.342 e. The molecule has 0 unspecified atom stereocenters. The average molecular weight is 483 g/mol. The Hall–Kier alpha value is -4.44. The summed E-state index contributed by atoms with van der Waals surface area (Å²) in [6.45, 7) is 14.6. The Morgan fingerprint density at radius 2 is 1.49 bits per heavy atom. The summed E-state index contributed by atoms with van der Waals surface area (Å²) in [7, 11) is 0. The predicted octanol–water partition coefficient (Wildman–Crippen LogP) is 8.90. The highest BCUT2D eigenvalue weighted by atomic mass is 14.9. The maximum Gasteiger partial charge on any atom is 0.109 e. The van der Waals surface area contributed by atoms with E-state index in [4.69, 9.17) is 4.98 Å². The van der Waals surface area contributed by atoms with E-state index < -0.39 is 0 Å². The van der Waals surface area contributed by atoms with Crippen LogP contribution in [0, 0.1) is 0 Å². The SMILES string of the molecule is C=Cc1c(C=C)c2[nH]c(C(C)C)nc2c2ccc(-c3ccc4cc(-c5cnc(CC)[nH]5)ccc4c3)cc12. The molecule has 0 saturated carbocycles. The first-order chi connectivity index (χ1) is 18.0. The van der Waals surface area contributed by atoms with Crippen LogP contribution in [0.4, 0.5) is 0 Å². The van der Waals surface area contributed by atoms with Crippen molar-refractivity contribution in [3.8, 4) is 22.4 Å². The Morgan fingerprint density at radius 3 is 2.16 bits per heavy atom. The molecule has 2 aromatic heterocycles. The van der Waals surface area contributed by atoms with E-state index in [9.17, 15) is 0 Å². The molecule has 0 spiro atoms. The molecule has 0 fully saturated rings. The van der Waals surface area contributed by atoms with Gasteiger partial charge in [0.05, 0.1) is 22.9 Å². The first-order valence-corrected chi connectivity index (χ1v) is 12.8. The van der Waals surface area contributed by atoms with E-state index in [1.54, 1.807) is 0 Å². The number of nitrogens with zero attached hydrogens (tertiary/aromatic N) is 2. The highest BCUT2D eigenvalue weighted by molar-refractivity contribution is 6.13. The summed E-state index contributed by atoms with van der Waals surface area (Å²) in [4.78, 5) is 16.4. The van der Waals surface area contributed by atoms with Gasteiger partial charge in [-0.05, 0) is 51.0 Å². The molecule has 2 N–H and O–H groups in total. The number of hydrogen-bond donors (Lipinski definition) is 2. The normalized spacial score (nSPS) is 11.7. The van der Waals surface area contributed by atoms with Gasteiger partial charge in [0.2, 0.25) is 0 Å². The summed E-state index contributed by atoms with van der Waals surface area (Å²) in [5, 5.41) is 4.67. The van der Waals surface area contributed by atoms with Gasteiger partial charge in [-0.3, -0.25) is 0 Å². The molecule has 0 aliphatic carbocycles. The molecule has 4 nitrogen and oxygen atoms in total. The van der Waals surface area contributed by atoms with Crippen molar-refractivity contribution in [1.82, 2.24) is 19.9 Å². The van der Waals surface area contributed by atoms with Crippen LogP contribution in [-0.2, 0) is 6.42 Å². The Bertz CT molecular complexity index is 1830. The summed E-state index contributed by atoms with van der Waals surface area (Å²) in [6.07, 6.45) is 6.65. The summed E-state index contributed by atoms with van der Waals surface area (Å²) in [5.74, 6) is 2.30. The van der Waals surface area contributed by atoms with E-state index in [0.29, 0.717) is 5.92 Å². The monoisotopic (exact) mass is 482 g/mol. The van der Waals surface area contributed by atoms with E-state index >= 15 is 0 Å². The van der Waals surface area contributed by atoms with Gasteiger partial charge in [0.25, 0.3) is 0 Å². The molecule has 0 amide bonds. The van der Waals surface area contributed by atoms with E-state index in [-0.39, 0.29) is 0 Å². The zero-order valence-electron chi connectivity index (χ0n) is 21.5. The summed E-state index contributed by atoms with van der Waals surface area (Å²) in [5.41, 5.74) is 8.68. The fraction of sp³-hybridized carbons (Fsp3) is 0.152. The molecule has 4 aromatic carbocycles. The van der Waals surface area contributed by atoms with Gasteiger partial charge in [0.1, 0.15) is 11.6 Å². The van der Waals surface area contributed by atoms with E-state index in [0.717, 1.165) is 67.8 Å². The molecule has 37 heavy (non-hydrogen) atoms. The molecule has 0 bridgehead atoms. The van der Waals surface area contributed by atoms with Crippen LogP contribution in [0.5, 0.6) is 0 Å². The number of aromatic amines is 2. The Balaban J connectivity index is 1.48. The summed E-state index contributed by atoms with van der Waals surface area (Å²) < 4.78 is 0. The Morgan fingerprint density at radius 1 is 0.811 bits per heavy atom. The van der Waals surface area contributed by atoms with Gasteiger partial charge in [-0.2, -0.15) is 0 Å². The number of aromatic nitrogens is 4. The molecule has 0 atom stereocenters. The zero-order valence-corrected chi connectivity index (χ0v) is 21.5. The number of aryl methyl sites for hydroxylation is 1. The van der Waals surface area contributed by atoms with Gasteiger partial charge in [0.15, 0.2) is 0 Å². The van der Waals surface area contributed by atoms with Crippen LogP contribution in [0.1, 0.15) is 49.5 Å². The van der Waals surface area contributed by atoms with Gasteiger partial charge in [0, 0.05) is 28.9 Å². The van der Waals surface area contributed by atoms with Crippen LogP contribution in [-0.4, -0.2) is 19.9 Å². The minimum absolute atomic E-state index is 0.312. The number of rotatable bonds is 6. The fourth-order valence-corrected chi connectivity index (χ4v) is 5.20. The second-order valence-corrected chi connectivity index (χ2v) is 9.87. The third kappa shape index (κ3) is 3.77. The lowest BCUT2D eigenvalue weighted by Crippen LogP contribution is -1.90. The van der Waals surface area contributed by atoms with E-state index in [1.165, 1.54) is 16.3 Å². The first kappa shape index (κ1) is 23.0. The predicted molar refractivity (Wildman–Crippen MR) is 158 cm³/mol. The van der Waals surface area contributed by atoms with Gasteiger partial charge in [-0.15, -0.1) is 0 Å². The Labute approximate surface area is 216 Å². The highest BCUT2D eigenvalue weighted by Gasteiger charge is 2.17. The van der Waals surface area contributed by atoms with Crippen LogP contribution in [0.3, 0.4) is 0 Å². The van der Waals surface area contributed by atoms with E-state index in [1.807, 2.05) is 18.3 Å². The molecular formula is C33H30N4. The van der Waals surface area contributed by atoms with Crippen molar-refractivity contribution in [2.45, 2.75) is 33.1 Å². The number of fused-ring (bicyclic) bond motifs is 4. The molecular weight excluding hydrogens is 452 g/mol. The highest BCUT2D eigenvalue weighted by Crippen LogP contribution is 2.37. The van der Waals surface area contributed by atoms with Crippen molar-refractivity contribution in [3.63, 3.8) is 0 Å². The van der Waals surface area contributed by atoms with Crippen molar-refractivity contribution < 1.29 is 0 Å². The lowest BCUT2D eigenvalue weighted by Gasteiger charge is -2.12. The molecule has 6 rings (SSSR count). The second kappa shape index (κ2) is 8.90. The molecule has 182 valence electrons. The number of nitrogens with one attached hydrogen (secondary N) is 2. The van der Waals surface area contributed by atoms with Crippen LogP contribution in [0.2, 0.25) is 0 Å². The molecule has 4 heteroatoms. The molecule has 2 heterocycles. The van der Waals surface area contributed by atoms with Gasteiger partial charge in [-0.25, -0.2) is 9.97 Å². The van der Waals surface area contributed by atoms with Crippen LogP contribution >= 0.6 is 0 Å². The lowest BCUT2D eigenvalue weighted by molar-refractivity contribution is 0.799. The number of hydrogen-bond acceptors (Lipinski definition) is 2. The molecule has 0 aliphatic rings. The zero-order chi connectivity index (χ0) is 25.7. The summed E-state index contributed by atoms with van der Waals surface area (Å²) >= 11 is 0. The molecule has 6 aromatic rings. The van der Waals surface area contributed by atoms with Crippen LogP contribution < -0.4 is 0 Å².